The van der Waals surface area contributed by atoms with Crippen molar-refractivity contribution in [3.63, 3.8) is 0 Å². The molecule has 34 heavy (non-hydrogen) atoms. The van der Waals surface area contributed by atoms with Crippen LogP contribution in [-0.4, -0.2) is 28.6 Å². The van der Waals surface area contributed by atoms with Crippen LogP contribution in [0.15, 0.2) is 65.1 Å². The van der Waals surface area contributed by atoms with Crippen molar-refractivity contribution in [3.05, 3.63) is 87.1 Å². The number of aromatic nitrogens is 2. The Morgan fingerprint density at radius 2 is 1.85 bits per heavy atom. The summed E-state index contributed by atoms with van der Waals surface area (Å²) >= 11 is 9.81. The van der Waals surface area contributed by atoms with Gasteiger partial charge in [0.05, 0.1) is 17.6 Å². The Bertz CT molecular complexity index is 1360. The molecule has 0 radical (unpaired) electrons. The summed E-state index contributed by atoms with van der Waals surface area (Å²) in [5, 5.41) is 0.774. The van der Waals surface area contributed by atoms with Crippen LogP contribution in [-0.2, 0) is 11.3 Å². The molecule has 1 aromatic heterocycles. The van der Waals surface area contributed by atoms with Crippen LogP contribution in [0.25, 0.3) is 11.0 Å². The van der Waals surface area contributed by atoms with Gasteiger partial charge >= 0.3 is 0 Å². The second-order valence-corrected chi connectivity index (χ2v) is 10.0. The minimum atomic E-state index is 0.0129. The molecule has 1 unspecified atom stereocenters. The second kappa shape index (κ2) is 9.43. The number of imidazole rings is 1. The van der Waals surface area contributed by atoms with Crippen LogP contribution in [0.4, 0.5) is 5.69 Å². The summed E-state index contributed by atoms with van der Waals surface area (Å²) < 4.78 is 9.26. The first-order valence-corrected chi connectivity index (χ1v) is 12.5. The van der Waals surface area contributed by atoms with Crippen LogP contribution < -0.4 is 9.64 Å². The predicted octanol–water partition coefficient (Wildman–Crippen LogP) is 6.67. The van der Waals surface area contributed by atoms with Crippen molar-refractivity contribution in [1.29, 1.82) is 0 Å². The van der Waals surface area contributed by atoms with Crippen molar-refractivity contribution in [3.8, 4) is 5.75 Å². The Morgan fingerprint density at radius 3 is 2.62 bits per heavy atom. The Morgan fingerprint density at radius 1 is 1.09 bits per heavy atom. The zero-order valence-electron chi connectivity index (χ0n) is 19.1. The van der Waals surface area contributed by atoms with E-state index in [2.05, 4.69) is 26.6 Å². The van der Waals surface area contributed by atoms with E-state index in [0.29, 0.717) is 26.1 Å². The zero-order chi connectivity index (χ0) is 23.8. The monoisotopic (exact) mass is 537 g/mol. The van der Waals surface area contributed by atoms with Gasteiger partial charge in [0, 0.05) is 34.1 Å². The zero-order valence-corrected chi connectivity index (χ0v) is 21.4. The maximum absolute atomic E-state index is 12.9. The molecule has 1 aliphatic rings. The molecule has 0 saturated carbocycles. The molecule has 4 aromatic rings. The molecule has 3 aromatic carbocycles. The van der Waals surface area contributed by atoms with Gasteiger partial charge in [-0.05, 0) is 67.4 Å². The fourth-order valence-electron chi connectivity index (χ4n) is 4.66. The number of ether oxygens (including phenoxy) is 1. The minimum absolute atomic E-state index is 0.0129. The van der Waals surface area contributed by atoms with Crippen LogP contribution in [0.1, 0.15) is 29.3 Å². The third kappa shape index (κ3) is 4.44. The number of hydrogen-bond donors (Lipinski definition) is 0. The van der Waals surface area contributed by atoms with Crippen molar-refractivity contribution in [2.45, 2.75) is 32.7 Å². The number of anilines is 1. The van der Waals surface area contributed by atoms with Gasteiger partial charge in [0.2, 0.25) is 5.91 Å². The molecular formula is C27H25BrClN3O2. The van der Waals surface area contributed by atoms with Gasteiger partial charge < -0.3 is 14.2 Å². The van der Waals surface area contributed by atoms with Crippen LogP contribution in [0, 0.1) is 13.8 Å². The van der Waals surface area contributed by atoms with Crippen molar-refractivity contribution in [2.24, 2.45) is 0 Å². The first-order chi connectivity index (χ1) is 16.4. The molecule has 1 saturated heterocycles. The quantitative estimate of drug-likeness (QED) is 0.275. The molecule has 5 nitrogen and oxygen atoms in total. The molecule has 1 atom stereocenters. The van der Waals surface area contributed by atoms with Crippen molar-refractivity contribution in [1.82, 2.24) is 9.55 Å². The predicted molar refractivity (Wildman–Crippen MR) is 140 cm³/mol. The molecule has 2 heterocycles. The topological polar surface area (TPSA) is 47.4 Å². The summed E-state index contributed by atoms with van der Waals surface area (Å²) in [6, 6.07) is 19.9. The molecule has 174 valence electrons. The standard InChI is InChI=1S/C27H25BrClN3O2/c1-17-12-22(13-18(2)26(17)29)34-11-10-31-24-9-4-3-8-23(24)30-27(31)19-14-25(33)32(16-19)21-7-5-6-20(28)15-21/h3-9,12-13,15,19H,10-11,14,16H2,1-2H3. The summed E-state index contributed by atoms with van der Waals surface area (Å²) in [6.07, 6.45) is 0.437. The molecule has 1 fully saturated rings. The van der Waals surface area contributed by atoms with E-state index in [1.807, 2.05) is 73.3 Å². The van der Waals surface area contributed by atoms with Gasteiger partial charge in [-0.1, -0.05) is 45.7 Å². The van der Waals surface area contributed by atoms with E-state index in [-0.39, 0.29) is 11.8 Å². The lowest BCUT2D eigenvalue weighted by Gasteiger charge is -2.18. The Kier molecular flexibility index (Phi) is 6.36. The first-order valence-electron chi connectivity index (χ1n) is 11.3. The lowest BCUT2D eigenvalue weighted by molar-refractivity contribution is -0.117. The molecule has 7 heteroatoms. The summed E-state index contributed by atoms with van der Waals surface area (Å²) in [6.45, 7) is 5.70. The number of fused-ring (bicyclic) bond motifs is 1. The van der Waals surface area contributed by atoms with E-state index in [0.717, 1.165) is 48.9 Å². The van der Waals surface area contributed by atoms with Gasteiger partial charge in [-0.15, -0.1) is 0 Å². The largest absolute Gasteiger partial charge is 0.492 e. The molecule has 1 amide bonds. The number of hydrogen-bond acceptors (Lipinski definition) is 3. The van der Waals surface area contributed by atoms with Crippen molar-refractivity contribution < 1.29 is 9.53 Å². The third-order valence-electron chi connectivity index (χ3n) is 6.29. The Balaban J connectivity index is 1.40. The average molecular weight is 539 g/mol. The maximum atomic E-state index is 12.9. The number of para-hydroxylation sites is 2. The number of nitrogens with zero attached hydrogens (tertiary/aromatic N) is 3. The van der Waals surface area contributed by atoms with E-state index < -0.39 is 0 Å². The summed E-state index contributed by atoms with van der Waals surface area (Å²) in [5.74, 6) is 1.87. The van der Waals surface area contributed by atoms with Crippen molar-refractivity contribution >= 4 is 50.2 Å². The molecule has 0 bridgehead atoms. The van der Waals surface area contributed by atoms with E-state index in [1.54, 1.807) is 0 Å². The lowest BCUT2D eigenvalue weighted by Crippen LogP contribution is -2.24. The number of benzene rings is 3. The summed E-state index contributed by atoms with van der Waals surface area (Å²) in [5.41, 5.74) is 4.90. The third-order valence-corrected chi connectivity index (χ3v) is 7.38. The highest BCUT2D eigenvalue weighted by Gasteiger charge is 2.34. The van der Waals surface area contributed by atoms with E-state index in [4.69, 9.17) is 21.3 Å². The second-order valence-electron chi connectivity index (χ2n) is 8.72. The minimum Gasteiger partial charge on any atom is -0.492 e. The first kappa shape index (κ1) is 22.9. The van der Waals surface area contributed by atoms with Crippen LogP contribution >= 0.6 is 27.5 Å². The maximum Gasteiger partial charge on any atom is 0.227 e. The van der Waals surface area contributed by atoms with Gasteiger partial charge in [-0.2, -0.15) is 0 Å². The number of amides is 1. The van der Waals surface area contributed by atoms with E-state index >= 15 is 0 Å². The van der Waals surface area contributed by atoms with Gasteiger partial charge in [0.15, 0.2) is 0 Å². The molecule has 0 spiro atoms. The number of carbonyl (C=O) groups excluding carboxylic acids is 1. The highest BCUT2D eigenvalue weighted by atomic mass is 79.9. The highest BCUT2D eigenvalue weighted by molar-refractivity contribution is 9.10. The summed E-state index contributed by atoms with van der Waals surface area (Å²) in [4.78, 5) is 19.7. The van der Waals surface area contributed by atoms with Crippen LogP contribution in [0.5, 0.6) is 5.75 Å². The van der Waals surface area contributed by atoms with Gasteiger partial charge in [0.25, 0.3) is 0 Å². The average Bonchev–Trinajstić information content (AvgIpc) is 3.38. The molecular weight excluding hydrogens is 514 g/mol. The van der Waals surface area contributed by atoms with Gasteiger partial charge in [-0.3, -0.25) is 4.79 Å². The number of carbonyl (C=O) groups is 1. The lowest BCUT2D eigenvalue weighted by atomic mass is 10.1. The number of aryl methyl sites for hydroxylation is 2. The fourth-order valence-corrected chi connectivity index (χ4v) is 5.16. The smallest absolute Gasteiger partial charge is 0.227 e. The molecule has 0 aliphatic carbocycles. The normalized spacial score (nSPS) is 15.9. The van der Waals surface area contributed by atoms with Crippen molar-refractivity contribution in [2.75, 3.05) is 18.1 Å². The Labute approximate surface area is 212 Å². The Hall–Kier alpha value is -2.83. The number of halogens is 2. The van der Waals surface area contributed by atoms with E-state index in [1.165, 1.54) is 0 Å². The summed E-state index contributed by atoms with van der Waals surface area (Å²) in [7, 11) is 0. The molecule has 1 aliphatic heterocycles. The SMILES string of the molecule is Cc1cc(OCCn2c(C3CC(=O)N(c4cccc(Br)c4)C3)nc3ccccc32)cc(C)c1Cl. The van der Waals surface area contributed by atoms with Gasteiger partial charge in [0.1, 0.15) is 18.2 Å². The van der Waals surface area contributed by atoms with Crippen LogP contribution in [0.2, 0.25) is 5.02 Å². The van der Waals surface area contributed by atoms with Gasteiger partial charge in [-0.25, -0.2) is 4.98 Å². The molecule has 5 rings (SSSR count). The molecule has 0 N–H and O–H groups in total. The highest BCUT2D eigenvalue weighted by Crippen LogP contribution is 2.34. The van der Waals surface area contributed by atoms with E-state index in [9.17, 15) is 4.79 Å². The fraction of sp³-hybridized carbons (Fsp3) is 0.259. The number of rotatable bonds is 6. The van der Waals surface area contributed by atoms with Crippen LogP contribution in [0.3, 0.4) is 0 Å².